The Morgan fingerprint density at radius 2 is 0.830 bits per heavy atom. The minimum absolute atomic E-state index is 0.169. The Balaban J connectivity index is 1.04. The van der Waals surface area contributed by atoms with Crippen LogP contribution in [0.2, 0.25) is 0 Å². The fraction of sp³-hybridized carbons (Fsp3) is 0.430. The number of hydrogen-bond donors (Lipinski definition) is 0. The van der Waals surface area contributed by atoms with Crippen molar-refractivity contribution in [3.8, 4) is 11.5 Å². The zero-order valence-electron chi connectivity index (χ0n) is 63.0. The van der Waals surface area contributed by atoms with Gasteiger partial charge in [-0.3, -0.25) is 9.59 Å². The molecule has 0 unspecified atom stereocenters. The number of aryl methyl sites for hydroxylation is 2. The summed E-state index contributed by atoms with van der Waals surface area (Å²) in [6, 6.07) is 50.8. The number of carbonyl (C=O) groups excluding carboxylic acids is 4. The lowest BCUT2D eigenvalue weighted by molar-refractivity contribution is -0.453. The molecule has 1 aliphatic rings. The molecule has 7 aromatic rings. The van der Waals surface area contributed by atoms with Gasteiger partial charge in [0.1, 0.15) is 41.7 Å². The van der Waals surface area contributed by atoms with Crippen LogP contribution in [0.4, 0.5) is 31.0 Å². The number of nitrogens with zero attached hydrogens (tertiary/aromatic N) is 3. The average Bonchev–Trinajstić information content (AvgIpc) is 1.59. The van der Waals surface area contributed by atoms with Crippen molar-refractivity contribution in [3.05, 3.63) is 219 Å². The maximum absolute atomic E-state index is 15.0. The first-order chi connectivity index (χ1) is 46.8. The van der Waals surface area contributed by atoms with Gasteiger partial charge in [-0.15, -0.1) is 0 Å². The van der Waals surface area contributed by atoms with Crippen molar-refractivity contribution in [1.82, 2.24) is 0 Å². The molecule has 0 bridgehead atoms. The quantitative estimate of drug-likeness (QED) is 0.0261. The third-order valence-corrected chi connectivity index (χ3v) is 17.5. The van der Waals surface area contributed by atoms with E-state index in [1.54, 1.807) is 41.5 Å². The van der Waals surface area contributed by atoms with E-state index in [0.29, 0.717) is 57.1 Å². The second kappa shape index (κ2) is 31.7. The number of rotatable bonds is 23. The van der Waals surface area contributed by atoms with Gasteiger partial charge >= 0.3 is 24.2 Å². The van der Waals surface area contributed by atoms with Crippen molar-refractivity contribution in [2.24, 2.45) is 0 Å². The Labute approximate surface area is 594 Å². The third-order valence-electron chi connectivity index (χ3n) is 17.5. The van der Waals surface area contributed by atoms with Crippen LogP contribution in [0.15, 0.2) is 152 Å². The number of hydrogen-bond acceptors (Lipinski definition) is 12. The largest absolute Gasteiger partial charge is 0.514 e. The highest BCUT2D eigenvalue weighted by atomic mass is 19.1. The summed E-state index contributed by atoms with van der Waals surface area (Å²) in [6.45, 7) is 43.1. The highest BCUT2D eigenvalue weighted by Gasteiger charge is 2.39. The van der Waals surface area contributed by atoms with Crippen molar-refractivity contribution >= 4 is 58.2 Å². The lowest BCUT2D eigenvalue weighted by Gasteiger charge is -2.30. The molecule has 100 heavy (non-hydrogen) atoms. The SMILES string of the molecule is CCN(CCOC(=O)CCc1cc(C(C)(C)C)c(OC(=O)OC(C)(C)C)c(C(C)(C)C)c1)c1ccc(C(=C2C(c3ccc(F)cc3)=[N+](Cc3ccccc3)c3ccccc32)c2ccc(N(CC)CCOC(=O)CCc3cc(C(C)(C)C)c(OC(=O)OC(C)(C)C)c(C(C)(C)C)c3)cc2)cc1. The van der Waals surface area contributed by atoms with Crippen LogP contribution in [0, 0.1) is 5.82 Å². The Morgan fingerprint density at radius 3 is 1.20 bits per heavy atom. The smallest absolute Gasteiger partial charge is 0.464 e. The molecule has 0 atom stereocenters. The van der Waals surface area contributed by atoms with Crippen molar-refractivity contribution < 1.29 is 56.6 Å². The van der Waals surface area contributed by atoms with Crippen molar-refractivity contribution in [2.45, 2.75) is 204 Å². The standard InChI is InChI=1S/C86H107FN3O10/c1-21-88(48-50-95-72(91)46-32-58-52-67(81(3,4)5)77(68(53-58)82(6,7)8)97-79(93)99-85(15,16)17)64-42-36-60(37-43-64)74(75-66-30-26-27-31-71(66)90(56-57-28-24-23-25-29-57)76(75)62-34-40-63(87)41-35-62)61-38-44-65(45-39-61)89(22-2)49-51-96-73(92)47-33-59-54-69(83(9,10)11)78(70(55-59)84(12,13)14)98-80(94)100-86(18,19)20/h23-31,34-45,52-55H,21-22,32-33,46-51,56H2,1-20H3/q+1. The summed E-state index contributed by atoms with van der Waals surface area (Å²) in [4.78, 5) is 57.8. The summed E-state index contributed by atoms with van der Waals surface area (Å²) < 4.78 is 52.4. The monoisotopic (exact) mass is 1360 g/mol. The van der Waals surface area contributed by atoms with Crippen LogP contribution in [0.25, 0.3) is 11.1 Å². The van der Waals surface area contributed by atoms with Gasteiger partial charge in [0.15, 0.2) is 6.54 Å². The van der Waals surface area contributed by atoms with Crippen molar-refractivity contribution in [1.29, 1.82) is 0 Å². The second-order valence-corrected chi connectivity index (χ2v) is 32.1. The predicted octanol–water partition coefficient (Wildman–Crippen LogP) is 20.0. The van der Waals surface area contributed by atoms with Gasteiger partial charge in [-0.2, -0.15) is 4.58 Å². The number of likely N-dealkylation sites (N-methyl/N-ethyl adjacent to an activating group) is 2. The van der Waals surface area contributed by atoms with Crippen LogP contribution in [-0.4, -0.2) is 85.1 Å². The van der Waals surface area contributed by atoms with Crippen LogP contribution in [-0.2, 0) is 69.6 Å². The number of esters is 2. The van der Waals surface area contributed by atoms with Gasteiger partial charge in [-0.25, -0.2) is 14.0 Å². The lowest BCUT2D eigenvalue weighted by atomic mass is 9.78. The number of para-hydroxylation sites is 1. The molecule has 13 nitrogen and oxygen atoms in total. The van der Waals surface area contributed by atoms with Crippen LogP contribution < -0.4 is 19.3 Å². The average molecular weight is 1360 g/mol. The maximum atomic E-state index is 15.0. The second-order valence-electron chi connectivity index (χ2n) is 32.1. The number of anilines is 2. The molecule has 0 aromatic heterocycles. The zero-order valence-corrected chi connectivity index (χ0v) is 63.0. The zero-order chi connectivity index (χ0) is 73.3. The Bertz CT molecular complexity index is 3840. The van der Waals surface area contributed by atoms with Gasteiger partial charge in [-0.05, 0) is 167 Å². The predicted molar refractivity (Wildman–Crippen MR) is 402 cm³/mol. The number of benzene rings is 7. The van der Waals surface area contributed by atoms with Crippen LogP contribution in [0.1, 0.15) is 213 Å². The molecule has 532 valence electrons. The van der Waals surface area contributed by atoms with E-state index in [1.165, 1.54) is 12.1 Å². The Kier molecular flexibility index (Phi) is 24.3. The highest BCUT2D eigenvalue weighted by molar-refractivity contribution is 6.38. The van der Waals surface area contributed by atoms with E-state index >= 15 is 0 Å². The minimum Gasteiger partial charge on any atom is -0.464 e. The van der Waals surface area contributed by atoms with E-state index in [0.717, 1.165) is 95.1 Å². The fourth-order valence-corrected chi connectivity index (χ4v) is 12.5. The Hall–Kier alpha value is -9.04. The van der Waals surface area contributed by atoms with Crippen molar-refractivity contribution in [2.75, 3.05) is 49.2 Å². The molecule has 0 saturated carbocycles. The van der Waals surface area contributed by atoms with Crippen LogP contribution in [0.3, 0.4) is 0 Å². The highest BCUT2D eigenvalue weighted by Crippen LogP contribution is 2.46. The third kappa shape index (κ3) is 20.3. The number of allylic oxidation sites excluding steroid dienone is 1. The van der Waals surface area contributed by atoms with Gasteiger partial charge in [0.05, 0.1) is 24.2 Å². The molecule has 0 saturated heterocycles. The molecule has 0 N–H and O–H groups in total. The molecule has 7 aromatic carbocycles. The fourth-order valence-electron chi connectivity index (χ4n) is 12.5. The molecule has 0 radical (unpaired) electrons. The van der Waals surface area contributed by atoms with E-state index < -0.39 is 45.2 Å². The summed E-state index contributed by atoms with van der Waals surface area (Å²) in [5.41, 5.74) is 13.1. The van der Waals surface area contributed by atoms with Gasteiger partial charge < -0.3 is 38.2 Å². The van der Waals surface area contributed by atoms with E-state index in [2.05, 4.69) is 196 Å². The van der Waals surface area contributed by atoms with Crippen LogP contribution >= 0.6 is 0 Å². The summed E-state index contributed by atoms with van der Waals surface area (Å²) >= 11 is 0. The molecule has 1 aliphatic heterocycles. The molecule has 0 spiro atoms. The number of carbonyl (C=O) groups is 4. The Morgan fingerprint density at radius 1 is 0.450 bits per heavy atom. The number of ether oxygens (including phenoxy) is 6. The van der Waals surface area contributed by atoms with E-state index in [-0.39, 0.29) is 43.8 Å². The molecular weight excluding hydrogens is 1250 g/mol. The molecule has 8 rings (SSSR count). The summed E-state index contributed by atoms with van der Waals surface area (Å²) in [5, 5.41) is 0. The van der Waals surface area contributed by atoms with E-state index in [1.807, 2.05) is 54.6 Å². The number of halogens is 1. The first-order valence-electron chi connectivity index (χ1n) is 35.3. The first-order valence-corrected chi connectivity index (χ1v) is 35.3. The van der Waals surface area contributed by atoms with Gasteiger partial charge in [0, 0.05) is 82.3 Å². The molecule has 14 heteroatoms. The molecule has 0 amide bonds. The van der Waals surface area contributed by atoms with Gasteiger partial charge in [0.25, 0.3) is 0 Å². The van der Waals surface area contributed by atoms with Gasteiger partial charge in [-0.1, -0.05) is 174 Å². The number of fused-ring (bicyclic) bond motifs is 1. The topological polar surface area (TPSA) is 133 Å². The van der Waals surface area contributed by atoms with Crippen LogP contribution in [0.5, 0.6) is 11.5 Å². The normalized spacial score (nSPS) is 12.8. The summed E-state index contributed by atoms with van der Waals surface area (Å²) in [6.07, 6.45) is -0.303. The molecule has 0 fully saturated rings. The van der Waals surface area contributed by atoms with Crippen molar-refractivity contribution in [3.63, 3.8) is 0 Å². The first kappa shape index (κ1) is 76.7. The van der Waals surface area contributed by atoms with E-state index in [4.69, 9.17) is 28.4 Å². The van der Waals surface area contributed by atoms with Gasteiger partial charge in [0.2, 0.25) is 11.4 Å². The summed E-state index contributed by atoms with van der Waals surface area (Å²) in [5.74, 6) is 0.0431. The lowest BCUT2D eigenvalue weighted by Crippen LogP contribution is -2.28. The molecular formula is C86H107FN3O10+. The molecule has 0 aliphatic carbocycles. The van der Waals surface area contributed by atoms with E-state index in [9.17, 15) is 23.6 Å². The minimum atomic E-state index is -0.760. The summed E-state index contributed by atoms with van der Waals surface area (Å²) in [7, 11) is 0. The maximum Gasteiger partial charge on any atom is 0.514 e. The molecule has 1 heterocycles.